The maximum atomic E-state index is 11.9. The smallest absolute Gasteiger partial charge is 0.303 e. The summed E-state index contributed by atoms with van der Waals surface area (Å²) in [7, 11) is 0. The standard InChI is InChI=1S/C24H28O10/c1-7-8-18-9-10-19(13(2)11-18)33-24-23(32-17(6)28)22(31-16(5)27)21(30-15(4)26)20(34-24)12-29-14(3)25/h9-11,20-24H,12H2,1-6H3. The number of hydrogen-bond donors (Lipinski definition) is 0. The highest BCUT2D eigenvalue weighted by Gasteiger charge is 2.53. The Morgan fingerprint density at radius 3 is 2.00 bits per heavy atom. The normalized spacial score (nSPS) is 23.5. The average Bonchev–Trinajstić information content (AvgIpc) is 2.72. The first kappa shape index (κ1) is 26.7. The summed E-state index contributed by atoms with van der Waals surface area (Å²) < 4.78 is 33.1. The number of rotatable bonds is 7. The predicted molar refractivity (Wildman–Crippen MR) is 116 cm³/mol. The average molecular weight is 476 g/mol. The molecular weight excluding hydrogens is 448 g/mol. The minimum atomic E-state index is -1.30. The molecule has 1 aromatic rings. The molecule has 0 amide bonds. The first-order valence-corrected chi connectivity index (χ1v) is 10.5. The van der Waals surface area contributed by atoms with Crippen molar-refractivity contribution in [2.24, 2.45) is 0 Å². The van der Waals surface area contributed by atoms with Gasteiger partial charge in [0.05, 0.1) is 0 Å². The van der Waals surface area contributed by atoms with Crippen LogP contribution in [0.5, 0.6) is 5.75 Å². The summed E-state index contributed by atoms with van der Waals surface area (Å²) in [4.78, 5) is 47.0. The van der Waals surface area contributed by atoms with Crippen LogP contribution in [0.2, 0.25) is 0 Å². The number of carbonyl (C=O) groups is 4. The highest BCUT2D eigenvalue weighted by Crippen LogP contribution is 2.32. The van der Waals surface area contributed by atoms with Crippen LogP contribution in [0, 0.1) is 18.8 Å². The van der Waals surface area contributed by atoms with Crippen molar-refractivity contribution in [1.29, 1.82) is 0 Å². The Labute approximate surface area is 197 Å². The summed E-state index contributed by atoms with van der Waals surface area (Å²) in [6, 6.07) is 5.21. The van der Waals surface area contributed by atoms with Crippen LogP contribution in [-0.4, -0.2) is 61.2 Å². The summed E-state index contributed by atoms with van der Waals surface area (Å²) in [5.41, 5.74) is 1.49. The van der Waals surface area contributed by atoms with Crippen molar-refractivity contribution in [3.8, 4) is 17.6 Å². The van der Waals surface area contributed by atoms with Crippen LogP contribution < -0.4 is 4.74 Å². The molecule has 0 aliphatic carbocycles. The van der Waals surface area contributed by atoms with E-state index in [4.69, 9.17) is 28.4 Å². The molecule has 0 saturated carbocycles. The van der Waals surface area contributed by atoms with Crippen molar-refractivity contribution in [2.75, 3.05) is 6.61 Å². The Balaban J connectivity index is 2.48. The third-order valence-corrected chi connectivity index (χ3v) is 4.64. The quantitative estimate of drug-likeness (QED) is 0.327. The molecule has 1 saturated heterocycles. The Morgan fingerprint density at radius 1 is 0.882 bits per heavy atom. The van der Waals surface area contributed by atoms with Gasteiger partial charge in [-0.1, -0.05) is 5.92 Å². The molecule has 0 N–H and O–H groups in total. The van der Waals surface area contributed by atoms with Gasteiger partial charge >= 0.3 is 23.9 Å². The summed E-state index contributed by atoms with van der Waals surface area (Å²) >= 11 is 0. The number of ether oxygens (including phenoxy) is 6. The van der Waals surface area contributed by atoms with Gasteiger partial charge in [0, 0.05) is 33.3 Å². The summed E-state index contributed by atoms with van der Waals surface area (Å²) in [5.74, 6) is 3.41. The zero-order chi connectivity index (χ0) is 25.4. The van der Waals surface area contributed by atoms with Gasteiger partial charge in [0.15, 0.2) is 12.2 Å². The predicted octanol–water partition coefficient (Wildman–Crippen LogP) is 1.83. The van der Waals surface area contributed by atoms with Crippen molar-refractivity contribution >= 4 is 23.9 Å². The molecule has 1 aliphatic rings. The summed E-state index contributed by atoms with van der Waals surface area (Å²) in [6.45, 7) is 7.85. The van der Waals surface area contributed by atoms with Gasteiger partial charge in [-0.25, -0.2) is 0 Å². The van der Waals surface area contributed by atoms with Crippen LogP contribution >= 0.6 is 0 Å². The van der Waals surface area contributed by atoms with Crippen molar-refractivity contribution in [1.82, 2.24) is 0 Å². The molecule has 10 heteroatoms. The van der Waals surface area contributed by atoms with Gasteiger partial charge in [-0.15, -0.1) is 5.92 Å². The Kier molecular flexibility index (Phi) is 9.45. The molecular formula is C24H28O10. The molecule has 34 heavy (non-hydrogen) atoms. The fraction of sp³-hybridized carbons (Fsp3) is 0.500. The molecule has 5 atom stereocenters. The minimum absolute atomic E-state index is 0.332. The second kappa shape index (κ2) is 12.0. The van der Waals surface area contributed by atoms with Crippen LogP contribution in [0.4, 0.5) is 0 Å². The molecule has 1 aliphatic heterocycles. The lowest BCUT2D eigenvalue weighted by Crippen LogP contribution is -2.63. The molecule has 10 nitrogen and oxygen atoms in total. The first-order valence-electron chi connectivity index (χ1n) is 10.5. The maximum absolute atomic E-state index is 11.9. The lowest BCUT2D eigenvalue weighted by Gasteiger charge is -2.44. The first-order chi connectivity index (χ1) is 16.0. The van der Waals surface area contributed by atoms with Crippen molar-refractivity contribution in [2.45, 2.75) is 72.2 Å². The zero-order valence-electron chi connectivity index (χ0n) is 19.9. The van der Waals surface area contributed by atoms with E-state index in [2.05, 4.69) is 11.8 Å². The summed E-state index contributed by atoms with van der Waals surface area (Å²) in [6.07, 6.45) is -6.21. The van der Waals surface area contributed by atoms with Gasteiger partial charge in [0.2, 0.25) is 12.4 Å². The van der Waals surface area contributed by atoms with Gasteiger partial charge in [-0.2, -0.15) is 0 Å². The molecule has 184 valence electrons. The summed E-state index contributed by atoms with van der Waals surface area (Å²) in [5, 5.41) is 0. The lowest BCUT2D eigenvalue weighted by atomic mass is 9.98. The molecule has 2 rings (SSSR count). The van der Waals surface area contributed by atoms with E-state index in [-0.39, 0.29) is 6.61 Å². The largest absolute Gasteiger partial charge is 0.463 e. The SMILES string of the molecule is CC#Cc1ccc(OC2OC(COC(C)=O)C(OC(C)=O)C(OC(C)=O)C2OC(C)=O)c(C)c1. The number of benzene rings is 1. The zero-order valence-corrected chi connectivity index (χ0v) is 19.9. The third kappa shape index (κ3) is 7.49. The molecule has 1 heterocycles. The minimum Gasteiger partial charge on any atom is -0.463 e. The third-order valence-electron chi connectivity index (χ3n) is 4.64. The molecule has 0 radical (unpaired) electrons. The van der Waals surface area contributed by atoms with Gasteiger partial charge in [0.25, 0.3) is 0 Å². The highest BCUT2D eigenvalue weighted by molar-refractivity contribution is 5.68. The van der Waals surface area contributed by atoms with Crippen molar-refractivity contribution in [3.05, 3.63) is 29.3 Å². The topological polar surface area (TPSA) is 124 Å². The number of aryl methyl sites for hydroxylation is 1. The van der Waals surface area contributed by atoms with Gasteiger partial charge < -0.3 is 28.4 Å². The van der Waals surface area contributed by atoms with Gasteiger partial charge in [-0.05, 0) is 37.6 Å². The van der Waals surface area contributed by atoms with E-state index in [0.717, 1.165) is 26.3 Å². The maximum Gasteiger partial charge on any atom is 0.303 e. The number of carbonyl (C=O) groups excluding carboxylic acids is 4. The van der Waals surface area contributed by atoms with Crippen LogP contribution in [0.25, 0.3) is 0 Å². The van der Waals surface area contributed by atoms with E-state index < -0.39 is 54.6 Å². The van der Waals surface area contributed by atoms with E-state index in [9.17, 15) is 19.2 Å². The van der Waals surface area contributed by atoms with E-state index in [1.54, 1.807) is 32.0 Å². The van der Waals surface area contributed by atoms with Crippen LogP contribution in [0.1, 0.15) is 45.7 Å². The number of hydrogen-bond acceptors (Lipinski definition) is 10. The van der Waals surface area contributed by atoms with Gasteiger partial charge in [-0.3, -0.25) is 19.2 Å². The van der Waals surface area contributed by atoms with E-state index in [1.165, 1.54) is 6.92 Å². The van der Waals surface area contributed by atoms with Crippen molar-refractivity contribution in [3.63, 3.8) is 0 Å². The number of esters is 4. The second-order valence-corrected chi connectivity index (χ2v) is 7.54. The lowest BCUT2D eigenvalue weighted by molar-refractivity contribution is -0.288. The highest BCUT2D eigenvalue weighted by atomic mass is 16.7. The van der Waals surface area contributed by atoms with Gasteiger partial charge in [0.1, 0.15) is 18.5 Å². The molecule has 1 aromatic carbocycles. The van der Waals surface area contributed by atoms with Crippen LogP contribution in [0.15, 0.2) is 18.2 Å². The molecule has 0 spiro atoms. The fourth-order valence-corrected chi connectivity index (χ4v) is 3.41. The molecule has 0 aromatic heterocycles. The van der Waals surface area contributed by atoms with E-state index in [1.807, 2.05) is 0 Å². The molecule has 1 fully saturated rings. The van der Waals surface area contributed by atoms with E-state index in [0.29, 0.717) is 11.3 Å². The van der Waals surface area contributed by atoms with Crippen molar-refractivity contribution < 1.29 is 47.6 Å². The second-order valence-electron chi connectivity index (χ2n) is 7.54. The Hall–Kier alpha value is -3.58. The fourth-order valence-electron chi connectivity index (χ4n) is 3.41. The molecule has 5 unspecified atom stereocenters. The van der Waals surface area contributed by atoms with Crippen LogP contribution in [0.3, 0.4) is 0 Å². The Morgan fingerprint density at radius 2 is 1.47 bits per heavy atom. The monoisotopic (exact) mass is 476 g/mol. The van der Waals surface area contributed by atoms with Crippen LogP contribution in [-0.2, 0) is 42.9 Å². The van der Waals surface area contributed by atoms with E-state index >= 15 is 0 Å². The Bertz CT molecular complexity index is 989. The molecule has 0 bridgehead atoms.